The van der Waals surface area contributed by atoms with Crippen molar-refractivity contribution < 1.29 is 19.7 Å². The predicted molar refractivity (Wildman–Crippen MR) is 93.5 cm³/mol. The lowest BCUT2D eigenvalue weighted by Gasteiger charge is -2.44. The number of ether oxygens (including phenoxy) is 1. The summed E-state index contributed by atoms with van der Waals surface area (Å²) in [5, 5.41) is 21.6. The minimum atomic E-state index is -1.20. The molecule has 0 unspecified atom stereocenters. The molecule has 2 N–H and O–H groups in total. The van der Waals surface area contributed by atoms with E-state index in [1.165, 1.54) is 0 Å². The van der Waals surface area contributed by atoms with Crippen molar-refractivity contribution in [1.82, 2.24) is 0 Å². The van der Waals surface area contributed by atoms with Crippen molar-refractivity contribution in [3.63, 3.8) is 0 Å². The number of hydrogen-bond donors (Lipinski definition) is 2. The fraction of sp³-hybridized carbons (Fsp3) is 0.650. The van der Waals surface area contributed by atoms with Gasteiger partial charge in [0.15, 0.2) is 0 Å². The smallest absolute Gasteiger partial charge is 0.310 e. The van der Waals surface area contributed by atoms with Gasteiger partial charge in [-0.1, -0.05) is 45.0 Å². The molecule has 1 fully saturated rings. The van der Waals surface area contributed by atoms with Crippen LogP contribution in [-0.4, -0.2) is 28.9 Å². The average Bonchev–Trinajstić information content (AvgIpc) is 2.50. The topological polar surface area (TPSA) is 66.8 Å². The maximum Gasteiger partial charge on any atom is 0.310 e. The third kappa shape index (κ3) is 4.17. The number of hydrogen-bond acceptors (Lipinski definition) is 4. The van der Waals surface area contributed by atoms with Crippen LogP contribution in [0.4, 0.5) is 0 Å². The summed E-state index contributed by atoms with van der Waals surface area (Å²) in [5.74, 6) is 0.144. The van der Waals surface area contributed by atoms with Crippen molar-refractivity contribution in [2.24, 2.45) is 11.3 Å². The second-order valence-corrected chi connectivity index (χ2v) is 7.96. The Balaban J connectivity index is 2.09. The summed E-state index contributed by atoms with van der Waals surface area (Å²) in [5.41, 5.74) is 0.490. The molecular weight excluding hydrogens is 304 g/mol. The molecule has 2 rings (SSSR count). The molecule has 3 atom stereocenters. The van der Waals surface area contributed by atoms with Gasteiger partial charge in [-0.3, -0.25) is 4.79 Å². The van der Waals surface area contributed by atoms with Crippen LogP contribution in [0.3, 0.4) is 0 Å². The maximum absolute atomic E-state index is 11.5. The van der Waals surface area contributed by atoms with E-state index in [0.717, 1.165) is 17.5 Å². The zero-order valence-corrected chi connectivity index (χ0v) is 15.2. The highest BCUT2D eigenvalue weighted by Crippen LogP contribution is 2.45. The summed E-state index contributed by atoms with van der Waals surface area (Å²) in [6, 6.07) is 7.28. The van der Waals surface area contributed by atoms with Crippen LogP contribution in [0.15, 0.2) is 24.3 Å². The van der Waals surface area contributed by atoms with E-state index in [0.29, 0.717) is 25.4 Å². The van der Waals surface area contributed by atoms with Gasteiger partial charge in [0.25, 0.3) is 0 Å². The van der Waals surface area contributed by atoms with Gasteiger partial charge in [0.05, 0.1) is 19.1 Å². The van der Waals surface area contributed by atoms with Crippen LogP contribution in [0.1, 0.15) is 58.1 Å². The van der Waals surface area contributed by atoms with Gasteiger partial charge < -0.3 is 14.9 Å². The normalized spacial score (nSPS) is 27.8. The van der Waals surface area contributed by atoms with Crippen molar-refractivity contribution in [2.45, 2.75) is 65.1 Å². The lowest BCUT2D eigenvalue weighted by atomic mass is 9.65. The number of benzene rings is 1. The number of carbonyl (C=O) groups excluding carboxylic acids is 1. The largest absolute Gasteiger partial charge is 0.466 e. The van der Waals surface area contributed by atoms with E-state index in [2.05, 4.69) is 20.8 Å². The van der Waals surface area contributed by atoms with Gasteiger partial charge >= 0.3 is 5.97 Å². The summed E-state index contributed by atoms with van der Waals surface area (Å²) in [4.78, 5) is 11.5. The molecule has 0 aliphatic heterocycles. The molecule has 24 heavy (non-hydrogen) atoms. The molecule has 0 saturated heterocycles. The van der Waals surface area contributed by atoms with Crippen molar-refractivity contribution in [2.75, 3.05) is 6.61 Å². The standard InChI is InChI=1S/C20H30O4/c1-5-24-18(22)12-14-6-8-15(9-7-14)20(23)11-10-16(13-17(20)21)19(2,3)4/h6-9,16-17,21,23H,5,10-13H2,1-4H3/t16-,17+,20+/m0/s1. The molecule has 4 heteroatoms. The van der Waals surface area contributed by atoms with Gasteiger partial charge in [-0.15, -0.1) is 0 Å². The number of esters is 1. The quantitative estimate of drug-likeness (QED) is 0.830. The molecule has 1 aromatic carbocycles. The lowest BCUT2D eigenvalue weighted by Crippen LogP contribution is -2.46. The molecule has 0 bridgehead atoms. The molecule has 1 saturated carbocycles. The van der Waals surface area contributed by atoms with Gasteiger partial charge in [-0.2, -0.15) is 0 Å². The number of aliphatic hydroxyl groups excluding tert-OH is 1. The molecule has 0 aromatic heterocycles. The Morgan fingerprint density at radius 2 is 1.92 bits per heavy atom. The van der Waals surface area contributed by atoms with Crippen molar-refractivity contribution in [1.29, 1.82) is 0 Å². The minimum absolute atomic E-state index is 0.131. The first-order valence-corrected chi connectivity index (χ1v) is 8.82. The first-order chi connectivity index (χ1) is 11.2. The van der Waals surface area contributed by atoms with Crippen LogP contribution in [0, 0.1) is 11.3 Å². The van der Waals surface area contributed by atoms with Crippen LogP contribution in [0.2, 0.25) is 0 Å². The van der Waals surface area contributed by atoms with Crippen molar-refractivity contribution >= 4 is 5.97 Å². The second-order valence-electron chi connectivity index (χ2n) is 7.96. The van der Waals surface area contributed by atoms with Crippen LogP contribution in [-0.2, 0) is 21.6 Å². The molecular formula is C20H30O4. The molecule has 1 aliphatic rings. The third-order valence-electron chi connectivity index (χ3n) is 5.27. The lowest BCUT2D eigenvalue weighted by molar-refractivity contribution is -0.142. The monoisotopic (exact) mass is 334 g/mol. The highest BCUT2D eigenvalue weighted by molar-refractivity contribution is 5.72. The average molecular weight is 334 g/mol. The van der Waals surface area contributed by atoms with Gasteiger partial charge in [0.1, 0.15) is 5.60 Å². The Morgan fingerprint density at radius 3 is 2.42 bits per heavy atom. The zero-order chi connectivity index (χ0) is 18.0. The van der Waals surface area contributed by atoms with Crippen LogP contribution >= 0.6 is 0 Å². The number of carbonyl (C=O) groups is 1. The van der Waals surface area contributed by atoms with Crippen molar-refractivity contribution in [3.05, 3.63) is 35.4 Å². The zero-order valence-electron chi connectivity index (χ0n) is 15.2. The number of rotatable bonds is 4. The molecule has 1 aromatic rings. The first kappa shape index (κ1) is 18.9. The van der Waals surface area contributed by atoms with E-state index in [1.807, 2.05) is 24.3 Å². The summed E-state index contributed by atoms with van der Waals surface area (Å²) < 4.78 is 4.94. The van der Waals surface area contributed by atoms with Crippen LogP contribution in [0.25, 0.3) is 0 Å². The summed E-state index contributed by atoms with van der Waals surface area (Å²) >= 11 is 0. The van der Waals surface area contributed by atoms with E-state index in [1.54, 1.807) is 6.92 Å². The van der Waals surface area contributed by atoms with Gasteiger partial charge in [0, 0.05) is 0 Å². The fourth-order valence-corrected chi connectivity index (χ4v) is 3.56. The third-order valence-corrected chi connectivity index (χ3v) is 5.27. The van der Waals surface area contributed by atoms with Crippen LogP contribution in [0.5, 0.6) is 0 Å². The maximum atomic E-state index is 11.5. The Labute approximate surface area is 144 Å². The first-order valence-electron chi connectivity index (χ1n) is 8.82. The fourth-order valence-electron chi connectivity index (χ4n) is 3.56. The molecule has 0 radical (unpaired) electrons. The van der Waals surface area contributed by atoms with Gasteiger partial charge in [-0.25, -0.2) is 0 Å². The highest BCUT2D eigenvalue weighted by atomic mass is 16.5. The molecule has 134 valence electrons. The van der Waals surface area contributed by atoms with Crippen molar-refractivity contribution in [3.8, 4) is 0 Å². The van der Waals surface area contributed by atoms with Gasteiger partial charge in [0.2, 0.25) is 0 Å². The van der Waals surface area contributed by atoms with Crippen LogP contribution < -0.4 is 0 Å². The molecule has 0 spiro atoms. The predicted octanol–water partition coefficient (Wildman–Crippen LogP) is 3.19. The Hall–Kier alpha value is -1.39. The van der Waals surface area contributed by atoms with E-state index < -0.39 is 11.7 Å². The van der Waals surface area contributed by atoms with Gasteiger partial charge in [-0.05, 0) is 48.6 Å². The summed E-state index contributed by atoms with van der Waals surface area (Å²) in [7, 11) is 0. The Morgan fingerprint density at radius 1 is 1.29 bits per heavy atom. The molecule has 0 amide bonds. The minimum Gasteiger partial charge on any atom is -0.466 e. The molecule has 0 heterocycles. The van der Waals surface area contributed by atoms with E-state index >= 15 is 0 Å². The van der Waals surface area contributed by atoms with E-state index in [9.17, 15) is 15.0 Å². The van der Waals surface area contributed by atoms with E-state index in [-0.39, 0.29) is 17.8 Å². The Kier molecular flexibility index (Phi) is 5.71. The Bertz CT molecular complexity index is 558. The SMILES string of the molecule is CCOC(=O)Cc1ccc([C@]2(O)CC[C@H](C(C)(C)C)C[C@H]2O)cc1. The van der Waals surface area contributed by atoms with E-state index in [4.69, 9.17) is 4.74 Å². The second kappa shape index (κ2) is 7.24. The summed E-state index contributed by atoms with van der Waals surface area (Å²) in [6.45, 7) is 8.69. The molecule has 4 nitrogen and oxygen atoms in total. The highest BCUT2D eigenvalue weighted by Gasteiger charge is 2.45. The summed E-state index contributed by atoms with van der Waals surface area (Å²) in [6.07, 6.45) is 1.49. The number of aliphatic hydroxyl groups is 2. The molecule has 1 aliphatic carbocycles.